The predicted octanol–water partition coefficient (Wildman–Crippen LogP) is -0.958. The van der Waals surface area contributed by atoms with Crippen molar-refractivity contribution in [3.63, 3.8) is 0 Å². The Morgan fingerprint density at radius 1 is 1.36 bits per heavy atom. The first-order chi connectivity index (χ1) is 6.02. The van der Waals surface area contributed by atoms with Crippen LogP contribution in [0.25, 0.3) is 0 Å². The number of hydrogen-bond donors (Lipinski definition) is 0. The molecule has 14 heavy (non-hydrogen) atoms. The van der Waals surface area contributed by atoms with Gasteiger partial charge in [0.05, 0.1) is 0 Å². The Bertz CT molecular complexity index is 403. The maximum absolute atomic E-state index is 11.4. The van der Waals surface area contributed by atoms with Crippen LogP contribution in [0.1, 0.15) is 8.35 Å². The molecule has 0 N–H and O–H groups in total. The minimum absolute atomic E-state index is 0. The van der Waals surface area contributed by atoms with Crippen LogP contribution < -0.4 is 18.9 Å². The first-order valence-corrected chi connectivity index (χ1v) is 5.08. The maximum atomic E-state index is 11.4. The second-order valence-electron chi connectivity index (χ2n) is 2.55. The standard InChI is InChI=1S/C9H10O3S.Li.H/c1-8(2)12-13(10,11)9-6-4-3-5-7-9;;/h3-7H,1H2,2H3;;/q;+1;-1. The van der Waals surface area contributed by atoms with Gasteiger partial charge in [-0.2, -0.15) is 8.42 Å². The van der Waals surface area contributed by atoms with Crippen LogP contribution in [0.15, 0.2) is 47.6 Å². The normalized spacial score (nSPS) is 10.1. The van der Waals surface area contributed by atoms with Crippen molar-refractivity contribution >= 4 is 10.1 Å². The van der Waals surface area contributed by atoms with Crippen molar-refractivity contribution in [3.05, 3.63) is 42.7 Å². The molecule has 0 amide bonds. The molecule has 1 aromatic rings. The Kier molecular flexibility index (Phi) is 4.99. The molecule has 0 radical (unpaired) electrons. The summed E-state index contributed by atoms with van der Waals surface area (Å²) in [6.07, 6.45) is 0. The van der Waals surface area contributed by atoms with Gasteiger partial charge in [0.25, 0.3) is 0 Å². The van der Waals surface area contributed by atoms with E-state index < -0.39 is 10.1 Å². The molecule has 0 aliphatic heterocycles. The fraction of sp³-hybridized carbons (Fsp3) is 0.111. The molecule has 0 aliphatic carbocycles. The van der Waals surface area contributed by atoms with Gasteiger partial charge >= 0.3 is 29.0 Å². The minimum Gasteiger partial charge on any atom is -1.00 e. The zero-order valence-electron chi connectivity index (χ0n) is 9.23. The van der Waals surface area contributed by atoms with Crippen LogP contribution in [0.2, 0.25) is 0 Å². The van der Waals surface area contributed by atoms with Gasteiger partial charge in [-0.25, -0.2) is 0 Å². The van der Waals surface area contributed by atoms with Crippen molar-refractivity contribution < 1.29 is 32.9 Å². The van der Waals surface area contributed by atoms with Gasteiger partial charge in [-0.15, -0.1) is 0 Å². The number of benzene rings is 1. The molecule has 0 fully saturated rings. The molecule has 1 rings (SSSR count). The van der Waals surface area contributed by atoms with E-state index in [-0.39, 0.29) is 30.9 Å². The first-order valence-electron chi connectivity index (χ1n) is 3.67. The summed E-state index contributed by atoms with van der Waals surface area (Å²) in [6.45, 7) is 4.85. The Morgan fingerprint density at radius 2 is 1.86 bits per heavy atom. The molecule has 0 atom stereocenters. The molecular weight excluding hydrogens is 195 g/mol. The maximum Gasteiger partial charge on any atom is 1.00 e. The van der Waals surface area contributed by atoms with Crippen molar-refractivity contribution in [2.75, 3.05) is 0 Å². The molecule has 0 saturated heterocycles. The van der Waals surface area contributed by atoms with E-state index in [1.54, 1.807) is 18.2 Å². The summed E-state index contributed by atoms with van der Waals surface area (Å²) in [6, 6.07) is 7.94. The topological polar surface area (TPSA) is 43.4 Å². The first kappa shape index (κ1) is 13.3. The summed E-state index contributed by atoms with van der Waals surface area (Å²) in [5, 5.41) is 0. The van der Waals surface area contributed by atoms with Crippen LogP contribution in [-0.4, -0.2) is 8.42 Å². The van der Waals surface area contributed by atoms with Crippen LogP contribution >= 0.6 is 0 Å². The van der Waals surface area contributed by atoms with Gasteiger partial charge in [0.1, 0.15) is 10.7 Å². The third kappa shape index (κ3) is 3.58. The Hall–Kier alpha value is -0.693. The van der Waals surface area contributed by atoms with E-state index in [0.717, 1.165) is 0 Å². The molecule has 3 nitrogen and oxygen atoms in total. The van der Waals surface area contributed by atoms with Crippen molar-refractivity contribution in [1.29, 1.82) is 0 Å². The monoisotopic (exact) mass is 206 g/mol. The van der Waals surface area contributed by atoms with Crippen LogP contribution in [0.5, 0.6) is 0 Å². The SMILES string of the molecule is C=C(C)OS(=O)(=O)c1ccccc1.[H-].[Li+]. The second-order valence-corrected chi connectivity index (χ2v) is 4.10. The molecule has 0 saturated carbocycles. The molecule has 0 bridgehead atoms. The zero-order valence-corrected chi connectivity index (χ0v) is 9.04. The summed E-state index contributed by atoms with van der Waals surface area (Å²) < 4.78 is 27.3. The van der Waals surface area contributed by atoms with E-state index in [1.165, 1.54) is 19.1 Å². The number of rotatable bonds is 3. The van der Waals surface area contributed by atoms with Crippen LogP contribution in [0.3, 0.4) is 0 Å². The molecule has 0 unspecified atom stereocenters. The molecule has 1 aromatic carbocycles. The summed E-state index contributed by atoms with van der Waals surface area (Å²) in [5.74, 6) is 0.156. The van der Waals surface area contributed by atoms with Gasteiger partial charge in [-0.1, -0.05) is 24.8 Å². The van der Waals surface area contributed by atoms with Crippen LogP contribution in [0.4, 0.5) is 0 Å². The van der Waals surface area contributed by atoms with Gasteiger partial charge in [-0.05, 0) is 19.1 Å². The molecule has 0 heterocycles. The van der Waals surface area contributed by atoms with Crippen molar-refractivity contribution in [1.82, 2.24) is 0 Å². The van der Waals surface area contributed by atoms with E-state index in [0.29, 0.717) is 0 Å². The van der Waals surface area contributed by atoms with E-state index in [1.807, 2.05) is 0 Å². The summed E-state index contributed by atoms with van der Waals surface area (Å²) in [5.41, 5.74) is 0. The van der Waals surface area contributed by atoms with E-state index >= 15 is 0 Å². The Balaban J connectivity index is 0. The molecule has 0 spiro atoms. The Labute approximate surface area is 97.6 Å². The Morgan fingerprint density at radius 3 is 2.29 bits per heavy atom. The summed E-state index contributed by atoms with van der Waals surface area (Å²) in [4.78, 5) is 0.137. The smallest absolute Gasteiger partial charge is 1.00 e. The average Bonchev–Trinajstić information content (AvgIpc) is 2.04. The molecule has 5 heteroatoms. The fourth-order valence-corrected chi connectivity index (χ4v) is 1.78. The molecule has 0 aromatic heterocycles. The van der Waals surface area contributed by atoms with Gasteiger partial charge in [0.15, 0.2) is 0 Å². The van der Waals surface area contributed by atoms with Gasteiger partial charge in [0.2, 0.25) is 0 Å². The predicted molar refractivity (Wildman–Crippen MR) is 50.6 cm³/mol. The fourth-order valence-electron chi connectivity index (χ4n) is 0.823. The largest absolute Gasteiger partial charge is 1.00 e. The molecule has 72 valence electrons. The quantitative estimate of drug-likeness (QED) is 0.363. The second kappa shape index (κ2) is 5.25. The van der Waals surface area contributed by atoms with Crippen LogP contribution in [-0.2, 0) is 14.3 Å². The van der Waals surface area contributed by atoms with Crippen molar-refractivity contribution in [2.24, 2.45) is 0 Å². The van der Waals surface area contributed by atoms with Gasteiger partial charge < -0.3 is 5.61 Å². The van der Waals surface area contributed by atoms with E-state index in [4.69, 9.17) is 0 Å². The summed E-state index contributed by atoms with van der Waals surface area (Å²) in [7, 11) is -3.66. The third-order valence-electron chi connectivity index (χ3n) is 1.28. The number of allylic oxidation sites excluding steroid dienone is 1. The van der Waals surface area contributed by atoms with Gasteiger partial charge in [-0.3, -0.25) is 0 Å². The third-order valence-corrected chi connectivity index (χ3v) is 2.64. The minimum atomic E-state index is -3.66. The van der Waals surface area contributed by atoms with E-state index in [2.05, 4.69) is 10.8 Å². The van der Waals surface area contributed by atoms with Crippen molar-refractivity contribution in [2.45, 2.75) is 11.8 Å². The summed E-state index contributed by atoms with van der Waals surface area (Å²) >= 11 is 0. The van der Waals surface area contributed by atoms with E-state index in [9.17, 15) is 8.42 Å². The molecular formula is C9H11LiO3S. The average molecular weight is 206 g/mol. The van der Waals surface area contributed by atoms with Crippen molar-refractivity contribution in [3.8, 4) is 0 Å². The molecule has 0 aliphatic rings. The zero-order chi connectivity index (χ0) is 9.90. The van der Waals surface area contributed by atoms with Gasteiger partial charge in [0, 0.05) is 0 Å². The number of hydrogen-bond acceptors (Lipinski definition) is 3. The van der Waals surface area contributed by atoms with Crippen LogP contribution in [0, 0.1) is 0 Å².